The van der Waals surface area contributed by atoms with Gasteiger partial charge in [0, 0.05) is 12.6 Å². The smallest absolute Gasteiger partial charge is 0.298 e. The van der Waals surface area contributed by atoms with E-state index in [0.29, 0.717) is 17.5 Å². The lowest BCUT2D eigenvalue weighted by Gasteiger charge is -2.05. The van der Waals surface area contributed by atoms with Gasteiger partial charge in [-0.3, -0.25) is 9.52 Å². The molecule has 0 aliphatic heterocycles. The fourth-order valence-electron chi connectivity index (χ4n) is 0.882. The quantitative estimate of drug-likeness (QED) is 0.711. The maximum atomic E-state index is 11.1. The van der Waals surface area contributed by atoms with Crippen LogP contribution >= 0.6 is 0 Å². The third-order valence-electron chi connectivity index (χ3n) is 1.54. The van der Waals surface area contributed by atoms with Crippen molar-refractivity contribution < 1.29 is 13.2 Å². The molecule has 0 atom stereocenters. The van der Waals surface area contributed by atoms with E-state index in [-0.39, 0.29) is 0 Å². The summed E-state index contributed by atoms with van der Waals surface area (Å²) >= 11 is 0. The molecule has 0 aliphatic carbocycles. The Morgan fingerprint density at radius 2 is 2.07 bits per heavy atom. The first-order valence-electron chi connectivity index (χ1n) is 3.84. The third-order valence-corrected chi connectivity index (χ3v) is 2.59. The van der Waals surface area contributed by atoms with Gasteiger partial charge in [0.15, 0.2) is 0 Å². The van der Waals surface area contributed by atoms with Gasteiger partial charge in [-0.05, 0) is 12.1 Å². The lowest BCUT2D eigenvalue weighted by molar-refractivity contribution is 0.112. The number of aldehydes is 1. The first kappa shape index (κ1) is 10.7. The van der Waals surface area contributed by atoms with Crippen molar-refractivity contribution >= 4 is 22.2 Å². The Balaban J connectivity index is 2.92. The van der Waals surface area contributed by atoms with E-state index in [0.717, 1.165) is 0 Å². The molecule has 0 saturated carbocycles. The first-order valence-corrected chi connectivity index (χ1v) is 5.32. The van der Waals surface area contributed by atoms with Crippen molar-refractivity contribution in [2.24, 2.45) is 0 Å². The predicted octanol–water partition coefficient (Wildman–Crippen LogP) is 0.375. The standard InChI is InChI=1S/C8H10N2O3S/c1-9-14(12,13)10-8-4-2-3-7(5-8)6-11/h2-6,9-10H,1H3. The van der Waals surface area contributed by atoms with E-state index in [2.05, 4.69) is 9.44 Å². The zero-order valence-corrected chi connectivity index (χ0v) is 8.34. The van der Waals surface area contributed by atoms with E-state index in [4.69, 9.17) is 0 Å². The molecule has 0 aliphatic rings. The van der Waals surface area contributed by atoms with Gasteiger partial charge in [-0.25, -0.2) is 4.72 Å². The van der Waals surface area contributed by atoms with Crippen LogP contribution in [0.1, 0.15) is 10.4 Å². The Bertz CT molecular complexity index is 428. The molecule has 1 aromatic rings. The second-order valence-corrected chi connectivity index (χ2v) is 4.17. The molecule has 14 heavy (non-hydrogen) atoms. The number of hydrogen-bond donors (Lipinski definition) is 2. The van der Waals surface area contributed by atoms with E-state index in [1.54, 1.807) is 18.2 Å². The third kappa shape index (κ3) is 2.82. The summed E-state index contributed by atoms with van der Waals surface area (Å²) < 4.78 is 26.5. The molecule has 0 aromatic heterocycles. The van der Waals surface area contributed by atoms with Crippen LogP contribution in [0.4, 0.5) is 5.69 Å². The van der Waals surface area contributed by atoms with E-state index in [1.165, 1.54) is 13.1 Å². The summed E-state index contributed by atoms with van der Waals surface area (Å²) in [4.78, 5) is 10.4. The largest absolute Gasteiger partial charge is 0.298 e. The summed E-state index contributed by atoms with van der Waals surface area (Å²) in [6, 6.07) is 6.19. The molecule has 0 bridgehead atoms. The number of anilines is 1. The maximum Gasteiger partial charge on any atom is 0.298 e. The normalized spacial score (nSPS) is 10.9. The number of carbonyl (C=O) groups excluding carboxylic acids is 1. The van der Waals surface area contributed by atoms with Crippen LogP contribution in [0.15, 0.2) is 24.3 Å². The van der Waals surface area contributed by atoms with Crippen LogP contribution < -0.4 is 9.44 Å². The van der Waals surface area contributed by atoms with Crippen LogP contribution in [0.5, 0.6) is 0 Å². The van der Waals surface area contributed by atoms with E-state index in [9.17, 15) is 13.2 Å². The van der Waals surface area contributed by atoms with Gasteiger partial charge in [0.05, 0.1) is 5.69 Å². The van der Waals surface area contributed by atoms with Crippen LogP contribution in [0.3, 0.4) is 0 Å². The second kappa shape index (κ2) is 4.21. The summed E-state index contributed by atoms with van der Waals surface area (Å²) in [5, 5.41) is 0. The molecular formula is C8H10N2O3S. The van der Waals surface area contributed by atoms with Gasteiger partial charge in [-0.15, -0.1) is 0 Å². The van der Waals surface area contributed by atoms with Crippen molar-refractivity contribution in [3.05, 3.63) is 29.8 Å². The Hall–Kier alpha value is -1.40. The van der Waals surface area contributed by atoms with Gasteiger partial charge in [-0.2, -0.15) is 8.42 Å². The summed E-state index contributed by atoms with van der Waals surface area (Å²) in [6.07, 6.45) is 0.650. The van der Waals surface area contributed by atoms with Crippen LogP contribution in [0.2, 0.25) is 0 Å². The molecular weight excluding hydrogens is 204 g/mol. The summed E-state index contributed by atoms with van der Waals surface area (Å²) in [7, 11) is -2.22. The SMILES string of the molecule is CNS(=O)(=O)Nc1cccc(C=O)c1. The summed E-state index contributed by atoms with van der Waals surface area (Å²) in [6.45, 7) is 0. The number of nitrogens with one attached hydrogen (secondary N) is 2. The van der Waals surface area contributed by atoms with Crippen LogP contribution in [-0.2, 0) is 10.2 Å². The van der Waals surface area contributed by atoms with Crippen molar-refractivity contribution in [3.8, 4) is 0 Å². The topological polar surface area (TPSA) is 75.3 Å². The Morgan fingerprint density at radius 1 is 1.36 bits per heavy atom. The molecule has 0 fully saturated rings. The average molecular weight is 214 g/mol. The monoisotopic (exact) mass is 214 g/mol. The van der Waals surface area contributed by atoms with Crippen LogP contribution in [-0.4, -0.2) is 21.8 Å². The lowest BCUT2D eigenvalue weighted by atomic mass is 10.2. The van der Waals surface area contributed by atoms with Crippen molar-refractivity contribution in [2.45, 2.75) is 0 Å². The molecule has 76 valence electrons. The molecule has 0 heterocycles. The summed E-state index contributed by atoms with van der Waals surface area (Å²) in [5.41, 5.74) is 0.769. The molecule has 0 unspecified atom stereocenters. The van der Waals surface area contributed by atoms with Gasteiger partial charge < -0.3 is 0 Å². The lowest BCUT2D eigenvalue weighted by Crippen LogP contribution is -2.26. The second-order valence-electron chi connectivity index (χ2n) is 2.55. The van der Waals surface area contributed by atoms with Crippen molar-refractivity contribution in [2.75, 3.05) is 11.8 Å². The van der Waals surface area contributed by atoms with Crippen LogP contribution in [0.25, 0.3) is 0 Å². The molecule has 5 nitrogen and oxygen atoms in total. The summed E-state index contributed by atoms with van der Waals surface area (Å²) in [5.74, 6) is 0. The molecule has 2 N–H and O–H groups in total. The number of rotatable bonds is 4. The van der Waals surface area contributed by atoms with Gasteiger partial charge in [0.2, 0.25) is 0 Å². The van der Waals surface area contributed by atoms with Gasteiger partial charge in [-0.1, -0.05) is 12.1 Å². The fourth-order valence-corrected chi connectivity index (χ4v) is 1.42. The number of hydrogen-bond acceptors (Lipinski definition) is 3. The number of carbonyl (C=O) groups is 1. The maximum absolute atomic E-state index is 11.1. The van der Waals surface area contributed by atoms with Gasteiger partial charge in [0.25, 0.3) is 10.2 Å². The molecule has 1 rings (SSSR count). The molecule has 0 amide bonds. The molecule has 0 saturated heterocycles. The first-order chi connectivity index (χ1) is 6.57. The highest BCUT2D eigenvalue weighted by Gasteiger charge is 2.05. The molecule has 1 aromatic carbocycles. The highest BCUT2D eigenvalue weighted by molar-refractivity contribution is 7.90. The van der Waals surface area contributed by atoms with Gasteiger partial charge >= 0.3 is 0 Å². The Labute approximate surface area is 82.3 Å². The zero-order valence-electron chi connectivity index (χ0n) is 7.52. The van der Waals surface area contributed by atoms with E-state index in [1.807, 2.05) is 0 Å². The van der Waals surface area contributed by atoms with Crippen molar-refractivity contribution in [1.29, 1.82) is 0 Å². The fraction of sp³-hybridized carbons (Fsp3) is 0.125. The number of benzene rings is 1. The minimum atomic E-state index is -3.51. The molecule has 6 heteroatoms. The van der Waals surface area contributed by atoms with E-state index >= 15 is 0 Å². The van der Waals surface area contributed by atoms with E-state index < -0.39 is 10.2 Å². The highest BCUT2D eigenvalue weighted by Crippen LogP contribution is 2.09. The Kier molecular flexibility index (Phi) is 3.21. The zero-order chi connectivity index (χ0) is 10.6. The highest BCUT2D eigenvalue weighted by atomic mass is 32.2. The minimum absolute atomic E-state index is 0.351. The minimum Gasteiger partial charge on any atom is -0.298 e. The molecule has 0 spiro atoms. The van der Waals surface area contributed by atoms with Crippen LogP contribution in [0, 0.1) is 0 Å². The average Bonchev–Trinajstić information content (AvgIpc) is 2.17. The van der Waals surface area contributed by atoms with Gasteiger partial charge in [0.1, 0.15) is 6.29 Å². The predicted molar refractivity (Wildman–Crippen MR) is 53.4 cm³/mol. The Morgan fingerprint density at radius 3 is 2.64 bits per heavy atom. The van der Waals surface area contributed by atoms with Crippen molar-refractivity contribution in [3.63, 3.8) is 0 Å². The molecule has 0 radical (unpaired) electrons. The van der Waals surface area contributed by atoms with Crippen molar-refractivity contribution in [1.82, 2.24) is 4.72 Å².